The van der Waals surface area contributed by atoms with Crippen LogP contribution in [0.15, 0.2) is 41.7 Å². The van der Waals surface area contributed by atoms with E-state index in [2.05, 4.69) is 28.0 Å². The van der Waals surface area contributed by atoms with Crippen LogP contribution in [0.4, 0.5) is 0 Å². The summed E-state index contributed by atoms with van der Waals surface area (Å²) in [4.78, 5) is 6.53. The van der Waals surface area contributed by atoms with Gasteiger partial charge in [-0.2, -0.15) is 0 Å². The molecular formula is C15H20N4O. The summed E-state index contributed by atoms with van der Waals surface area (Å²) in [5.41, 5.74) is 7.81. The van der Waals surface area contributed by atoms with Crippen molar-refractivity contribution in [3.05, 3.63) is 42.1 Å². The highest BCUT2D eigenvalue weighted by Crippen LogP contribution is 2.17. The van der Waals surface area contributed by atoms with Crippen LogP contribution in [0.3, 0.4) is 0 Å². The lowest BCUT2D eigenvalue weighted by Crippen LogP contribution is -2.34. The van der Waals surface area contributed by atoms with Gasteiger partial charge in [0.05, 0.1) is 12.1 Å². The Morgan fingerprint density at radius 3 is 2.90 bits per heavy atom. The Morgan fingerprint density at radius 2 is 2.15 bits per heavy atom. The summed E-state index contributed by atoms with van der Waals surface area (Å²) in [5, 5.41) is 12.9. The first-order valence-electron chi connectivity index (χ1n) is 6.76. The monoisotopic (exact) mass is 272 g/mol. The van der Waals surface area contributed by atoms with Gasteiger partial charge in [-0.3, -0.25) is 9.88 Å². The largest absolute Gasteiger partial charge is 0.409 e. The van der Waals surface area contributed by atoms with Crippen molar-refractivity contribution in [1.82, 2.24) is 9.88 Å². The second-order valence-electron chi connectivity index (χ2n) is 4.79. The minimum atomic E-state index is 0.233. The summed E-state index contributed by atoms with van der Waals surface area (Å²) in [7, 11) is 0. The number of fused-ring (bicyclic) bond motifs is 1. The maximum absolute atomic E-state index is 8.72. The first kappa shape index (κ1) is 14.3. The molecule has 0 spiro atoms. The van der Waals surface area contributed by atoms with Gasteiger partial charge in [0, 0.05) is 18.1 Å². The van der Waals surface area contributed by atoms with Crippen LogP contribution in [0.2, 0.25) is 0 Å². The van der Waals surface area contributed by atoms with Gasteiger partial charge in [0.25, 0.3) is 0 Å². The lowest BCUT2D eigenvalue weighted by Gasteiger charge is -2.21. The smallest absolute Gasteiger partial charge is 0.153 e. The van der Waals surface area contributed by atoms with Gasteiger partial charge < -0.3 is 10.9 Å². The predicted octanol–water partition coefficient (Wildman–Crippen LogP) is 2.19. The normalized spacial score (nSPS) is 12.2. The van der Waals surface area contributed by atoms with Crippen molar-refractivity contribution in [2.45, 2.75) is 19.9 Å². The van der Waals surface area contributed by atoms with Gasteiger partial charge in [0.2, 0.25) is 0 Å². The zero-order valence-corrected chi connectivity index (χ0v) is 11.7. The zero-order chi connectivity index (χ0) is 14.4. The summed E-state index contributed by atoms with van der Waals surface area (Å²) in [6, 6.07) is 10.1. The number of oxime groups is 1. The van der Waals surface area contributed by atoms with Crippen molar-refractivity contribution in [2.75, 3.05) is 13.1 Å². The molecule has 0 fully saturated rings. The Morgan fingerprint density at radius 1 is 1.35 bits per heavy atom. The fourth-order valence-corrected chi connectivity index (χ4v) is 2.32. The molecule has 2 aromatic rings. The van der Waals surface area contributed by atoms with Crippen molar-refractivity contribution < 1.29 is 5.21 Å². The molecule has 5 nitrogen and oxygen atoms in total. The molecule has 5 heteroatoms. The topological polar surface area (TPSA) is 74.7 Å². The Bertz CT molecular complexity index is 592. The van der Waals surface area contributed by atoms with E-state index in [1.54, 1.807) is 0 Å². The van der Waals surface area contributed by atoms with Gasteiger partial charge in [-0.15, -0.1) is 0 Å². The zero-order valence-electron chi connectivity index (χ0n) is 11.7. The van der Waals surface area contributed by atoms with E-state index in [9.17, 15) is 0 Å². The molecule has 3 N–H and O–H groups in total. The van der Waals surface area contributed by atoms with Crippen LogP contribution < -0.4 is 5.73 Å². The van der Waals surface area contributed by atoms with E-state index in [1.165, 1.54) is 5.56 Å². The van der Waals surface area contributed by atoms with Gasteiger partial charge in [-0.05, 0) is 30.7 Å². The summed E-state index contributed by atoms with van der Waals surface area (Å²) < 4.78 is 0. The average molecular weight is 272 g/mol. The van der Waals surface area contributed by atoms with Crippen LogP contribution in [0.5, 0.6) is 0 Å². The molecule has 0 aliphatic heterocycles. The van der Waals surface area contributed by atoms with Gasteiger partial charge in [-0.1, -0.05) is 30.3 Å². The summed E-state index contributed by atoms with van der Waals surface area (Å²) in [6.07, 6.45) is 2.84. The molecule has 0 aliphatic rings. The van der Waals surface area contributed by atoms with Crippen molar-refractivity contribution in [3.63, 3.8) is 0 Å². The average Bonchev–Trinajstić information content (AvgIpc) is 2.47. The third-order valence-electron chi connectivity index (χ3n) is 3.19. The van der Waals surface area contributed by atoms with Crippen molar-refractivity contribution in [3.8, 4) is 0 Å². The van der Waals surface area contributed by atoms with E-state index in [0.717, 1.165) is 30.4 Å². The van der Waals surface area contributed by atoms with Gasteiger partial charge in [-0.25, -0.2) is 0 Å². The van der Waals surface area contributed by atoms with E-state index in [0.29, 0.717) is 6.54 Å². The molecule has 0 saturated heterocycles. The number of hydrogen-bond acceptors (Lipinski definition) is 4. The Kier molecular flexibility index (Phi) is 4.90. The molecular weight excluding hydrogens is 252 g/mol. The first-order chi connectivity index (χ1) is 9.74. The summed E-state index contributed by atoms with van der Waals surface area (Å²) in [5.74, 6) is 0.233. The summed E-state index contributed by atoms with van der Waals surface area (Å²) >= 11 is 0. The molecule has 0 amide bonds. The number of aromatic nitrogens is 1. The van der Waals surface area contributed by atoms with E-state index in [4.69, 9.17) is 10.9 Å². The van der Waals surface area contributed by atoms with Gasteiger partial charge in [0.1, 0.15) is 0 Å². The van der Waals surface area contributed by atoms with E-state index < -0.39 is 0 Å². The highest BCUT2D eigenvalue weighted by molar-refractivity contribution is 5.83. The number of benzene rings is 1. The van der Waals surface area contributed by atoms with Crippen LogP contribution >= 0.6 is 0 Å². The number of pyridine rings is 1. The van der Waals surface area contributed by atoms with E-state index in [1.807, 2.05) is 30.5 Å². The number of nitrogens with zero attached hydrogens (tertiary/aromatic N) is 3. The number of hydrogen-bond donors (Lipinski definition) is 2. The molecule has 1 aromatic carbocycles. The number of rotatable bonds is 6. The fourth-order valence-electron chi connectivity index (χ4n) is 2.32. The molecule has 2 rings (SSSR count). The van der Waals surface area contributed by atoms with Crippen molar-refractivity contribution in [1.29, 1.82) is 0 Å². The molecule has 0 atom stereocenters. The van der Waals surface area contributed by atoms with Gasteiger partial charge >= 0.3 is 0 Å². The van der Waals surface area contributed by atoms with E-state index in [-0.39, 0.29) is 5.84 Å². The first-order valence-corrected chi connectivity index (χ1v) is 6.76. The predicted molar refractivity (Wildman–Crippen MR) is 80.7 cm³/mol. The SMILES string of the molecule is CCCN(CC(N)=NO)Cc1ccnc2ccccc12. The van der Waals surface area contributed by atoms with Gasteiger partial charge in [0.15, 0.2) is 5.84 Å². The fraction of sp³-hybridized carbons (Fsp3) is 0.333. The van der Waals surface area contributed by atoms with Crippen LogP contribution in [-0.4, -0.2) is 34.0 Å². The van der Waals surface area contributed by atoms with E-state index >= 15 is 0 Å². The molecule has 1 heterocycles. The molecule has 20 heavy (non-hydrogen) atoms. The van der Waals surface area contributed by atoms with Crippen LogP contribution in [0.25, 0.3) is 10.9 Å². The summed E-state index contributed by atoms with van der Waals surface area (Å²) in [6.45, 7) is 4.23. The second kappa shape index (κ2) is 6.86. The van der Waals surface area contributed by atoms with Crippen LogP contribution in [0, 0.1) is 0 Å². The lowest BCUT2D eigenvalue weighted by atomic mass is 10.1. The quantitative estimate of drug-likeness (QED) is 0.366. The van der Waals surface area contributed by atoms with Crippen LogP contribution in [-0.2, 0) is 6.54 Å². The second-order valence-corrected chi connectivity index (χ2v) is 4.79. The standard InChI is InChI=1S/C15H20N4O/c1-2-9-19(11-15(16)18-20)10-12-7-8-17-14-6-4-3-5-13(12)14/h3-8,20H,2,9-11H2,1H3,(H2,16,18). The minimum absolute atomic E-state index is 0.233. The third-order valence-corrected chi connectivity index (χ3v) is 3.19. The van der Waals surface area contributed by atoms with Crippen molar-refractivity contribution in [2.24, 2.45) is 10.9 Å². The molecule has 0 bridgehead atoms. The molecule has 0 radical (unpaired) electrons. The molecule has 1 aromatic heterocycles. The highest BCUT2D eigenvalue weighted by atomic mass is 16.4. The van der Waals surface area contributed by atoms with Crippen molar-refractivity contribution >= 4 is 16.7 Å². The number of nitrogens with two attached hydrogens (primary N) is 1. The molecule has 0 unspecified atom stereocenters. The maximum atomic E-state index is 8.72. The lowest BCUT2D eigenvalue weighted by molar-refractivity contribution is 0.286. The maximum Gasteiger partial charge on any atom is 0.153 e. The molecule has 106 valence electrons. The highest BCUT2D eigenvalue weighted by Gasteiger charge is 2.10. The van der Waals surface area contributed by atoms with Crippen LogP contribution in [0.1, 0.15) is 18.9 Å². The number of para-hydroxylation sites is 1. The number of amidine groups is 1. The third kappa shape index (κ3) is 3.45. The Balaban J connectivity index is 2.24. The Hall–Kier alpha value is -2.14. The minimum Gasteiger partial charge on any atom is -0.409 e. The molecule has 0 aliphatic carbocycles. The molecule has 0 saturated carbocycles. The Labute approximate surface area is 118 Å².